The number of para-hydroxylation sites is 3. The molecule has 0 spiro atoms. The molecule has 0 unspecified atom stereocenters. The van der Waals surface area contributed by atoms with Gasteiger partial charge < -0.3 is 4.57 Å². The molecule has 334 valence electrons. The van der Waals surface area contributed by atoms with E-state index >= 15 is 0 Å². The SMILES string of the molecule is CC1(C)c2cc(F)ccc2-c2ccc(-c3nc(-c4ccc5c(c4)C(C)(C)c4cc(F)ccc4-5)nc(-n4c5ccccc5c5cc(-c6ccc7c(c6)c6ccccc6n7-c6ccccc6)ccc54)n3)cc21. The van der Waals surface area contributed by atoms with Gasteiger partial charge in [0.15, 0.2) is 11.6 Å². The fourth-order valence-corrected chi connectivity index (χ4v) is 11.8. The molecule has 0 aliphatic heterocycles. The largest absolute Gasteiger partial charge is 0.309 e. The monoisotopic (exact) mass is 907 g/mol. The van der Waals surface area contributed by atoms with Gasteiger partial charge in [-0.05, 0) is 141 Å². The lowest BCUT2D eigenvalue weighted by molar-refractivity contribution is 0.609. The highest BCUT2D eigenvalue weighted by Crippen LogP contribution is 2.51. The summed E-state index contributed by atoms with van der Waals surface area (Å²) in [5.74, 6) is 1.05. The molecule has 2 aliphatic carbocycles. The normalized spacial score (nSPS) is 14.1. The molecule has 14 rings (SSSR count). The fraction of sp³-hybridized carbons (Fsp3) is 0.0952. The Balaban J connectivity index is 0.956. The third-order valence-electron chi connectivity index (χ3n) is 15.3. The lowest BCUT2D eigenvalue weighted by Crippen LogP contribution is -2.15. The van der Waals surface area contributed by atoms with Crippen LogP contribution in [0.5, 0.6) is 0 Å². The van der Waals surface area contributed by atoms with Crippen molar-refractivity contribution in [2.24, 2.45) is 0 Å². The first-order valence-corrected chi connectivity index (χ1v) is 23.8. The van der Waals surface area contributed by atoms with Crippen molar-refractivity contribution < 1.29 is 8.78 Å². The summed E-state index contributed by atoms with van der Waals surface area (Å²) in [6.45, 7) is 8.59. The van der Waals surface area contributed by atoms with Gasteiger partial charge in [-0.3, -0.25) is 4.57 Å². The molecule has 5 nitrogen and oxygen atoms in total. The minimum absolute atomic E-state index is 0.246. The summed E-state index contributed by atoms with van der Waals surface area (Å²) in [6.07, 6.45) is 0. The minimum Gasteiger partial charge on any atom is -0.309 e. The lowest BCUT2D eigenvalue weighted by Gasteiger charge is -2.22. The number of rotatable bonds is 5. The number of benzene rings is 9. The molecule has 0 fully saturated rings. The van der Waals surface area contributed by atoms with Crippen molar-refractivity contribution in [2.45, 2.75) is 38.5 Å². The number of aromatic nitrogens is 5. The van der Waals surface area contributed by atoms with Crippen LogP contribution in [0.4, 0.5) is 8.78 Å². The van der Waals surface area contributed by atoms with E-state index in [0.717, 1.165) is 99.8 Å². The topological polar surface area (TPSA) is 48.5 Å². The van der Waals surface area contributed by atoms with Crippen molar-refractivity contribution in [2.75, 3.05) is 0 Å². The molecule has 2 aliphatic rings. The van der Waals surface area contributed by atoms with Crippen LogP contribution in [0.1, 0.15) is 49.9 Å². The molecule has 7 heteroatoms. The molecule has 0 amide bonds. The van der Waals surface area contributed by atoms with Gasteiger partial charge in [-0.2, -0.15) is 9.97 Å². The van der Waals surface area contributed by atoms with Crippen molar-refractivity contribution in [3.8, 4) is 67.8 Å². The van der Waals surface area contributed by atoms with Crippen molar-refractivity contribution in [1.82, 2.24) is 24.1 Å². The Morgan fingerprint density at radius 3 is 1.26 bits per heavy atom. The number of nitrogens with zero attached hydrogens (tertiary/aromatic N) is 5. The van der Waals surface area contributed by atoms with E-state index in [1.54, 1.807) is 12.1 Å². The van der Waals surface area contributed by atoms with Gasteiger partial charge in [-0.1, -0.05) is 131 Å². The summed E-state index contributed by atoms with van der Waals surface area (Å²) in [4.78, 5) is 16.0. The predicted molar refractivity (Wildman–Crippen MR) is 280 cm³/mol. The third-order valence-corrected chi connectivity index (χ3v) is 15.3. The van der Waals surface area contributed by atoms with Crippen LogP contribution < -0.4 is 0 Å². The van der Waals surface area contributed by atoms with Gasteiger partial charge in [-0.25, -0.2) is 13.8 Å². The average molecular weight is 908 g/mol. The fourth-order valence-electron chi connectivity index (χ4n) is 11.8. The Morgan fingerprint density at radius 2 is 0.743 bits per heavy atom. The van der Waals surface area contributed by atoms with Gasteiger partial charge >= 0.3 is 0 Å². The Bertz CT molecular complexity index is 4080. The molecule has 0 atom stereocenters. The van der Waals surface area contributed by atoms with Crippen LogP contribution in [0.15, 0.2) is 188 Å². The summed E-state index contributed by atoms with van der Waals surface area (Å²) in [5.41, 5.74) is 16.7. The van der Waals surface area contributed by atoms with Crippen molar-refractivity contribution in [3.05, 3.63) is 222 Å². The number of hydrogen-bond donors (Lipinski definition) is 0. The van der Waals surface area contributed by atoms with Gasteiger partial charge in [-0.15, -0.1) is 0 Å². The molecule has 3 aromatic heterocycles. The van der Waals surface area contributed by atoms with E-state index < -0.39 is 10.8 Å². The highest BCUT2D eigenvalue weighted by Gasteiger charge is 2.38. The molecular formula is C63H43F2N5. The Hall–Kier alpha value is -8.55. The molecule has 9 aromatic carbocycles. The first-order chi connectivity index (χ1) is 34.0. The van der Waals surface area contributed by atoms with Crippen LogP contribution in [-0.4, -0.2) is 24.1 Å². The number of hydrogen-bond acceptors (Lipinski definition) is 3. The standard InChI is InChI=1S/C63H43F2N5/c1-62(2)51-32-38(18-24-43(51)45-26-22-40(64)34-53(45)62)59-66-60(39-19-25-44-46-27-23-41(65)35-54(46)63(3,4)52(44)33-39)68-61(67-59)70-56-17-11-9-15-48(56)50-31-37(21-29-58(50)70)36-20-28-57-49(30-36)47-14-8-10-16-55(47)69(57)42-12-6-5-7-13-42/h5-35H,1-4H3. The second-order valence-electron chi connectivity index (χ2n) is 19.9. The van der Waals surface area contributed by atoms with Crippen molar-refractivity contribution in [1.29, 1.82) is 0 Å². The maximum atomic E-state index is 14.7. The third kappa shape index (κ3) is 5.78. The molecule has 12 aromatic rings. The highest BCUT2D eigenvalue weighted by molar-refractivity contribution is 6.12. The van der Waals surface area contributed by atoms with Crippen molar-refractivity contribution >= 4 is 43.6 Å². The molecule has 0 radical (unpaired) electrons. The second-order valence-corrected chi connectivity index (χ2v) is 19.9. The van der Waals surface area contributed by atoms with Crippen molar-refractivity contribution in [3.63, 3.8) is 0 Å². The van der Waals surface area contributed by atoms with Gasteiger partial charge in [0.25, 0.3) is 0 Å². The van der Waals surface area contributed by atoms with E-state index in [1.165, 1.54) is 28.4 Å². The Labute approximate surface area is 403 Å². The highest BCUT2D eigenvalue weighted by atomic mass is 19.1. The molecule has 70 heavy (non-hydrogen) atoms. The first-order valence-electron chi connectivity index (χ1n) is 23.8. The molecule has 0 bridgehead atoms. The maximum Gasteiger partial charge on any atom is 0.238 e. The summed E-state index contributed by atoms with van der Waals surface area (Å²) in [5, 5.41) is 4.56. The smallest absolute Gasteiger partial charge is 0.238 e. The summed E-state index contributed by atoms with van der Waals surface area (Å²) in [6, 6.07) is 63.9. The Morgan fingerprint density at radius 1 is 0.343 bits per heavy atom. The summed E-state index contributed by atoms with van der Waals surface area (Å²) >= 11 is 0. The van der Waals surface area contributed by atoms with E-state index in [1.807, 2.05) is 12.1 Å². The number of halogens is 2. The minimum atomic E-state index is -0.449. The Kier molecular flexibility index (Phi) is 8.38. The van der Waals surface area contributed by atoms with Gasteiger partial charge in [0.1, 0.15) is 11.6 Å². The van der Waals surface area contributed by atoms with Crippen LogP contribution in [0.2, 0.25) is 0 Å². The zero-order valence-corrected chi connectivity index (χ0v) is 38.9. The van der Waals surface area contributed by atoms with E-state index in [-0.39, 0.29) is 11.6 Å². The summed E-state index contributed by atoms with van der Waals surface area (Å²) in [7, 11) is 0. The molecule has 0 N–H and O–H groups in total. The van der Waals surface area contributed by atoms with E-state index in [4.69, 9.17) is 15.0 Å². The van der Waals surface area contributed by atoms with Gasteiger partial charge in [0.05, 0.1) is 22.1 Å². The second kappa shape index (κ2) is 14.5. The zero-order chi connectivity index (χ0) is 47.2. The van der Waals surface area contributed by atoms with Gasteiger partial charge in [0.2, 0.25) is 5.95 Å². The zero-order valence-electron chi connectivity index (χ0n) is 38.9. The maximum absolute atomic E-state index is 14.7. The number of fused-ring (bicyclic) bond motifs is 12. The average Bonchev–Trinajstić information content (AvgIpc) is 4.04. The van der Waals surface area contributed by atoms with E-state index in [9.17, 15) is 8.78 Å². The first kappa shape index (κ1) is 40.5. The van der Waals surface area contributed by atoms with E-state index in [2.05, 4.69) is 188 Å². The van der Waals surface area contributed by atoms with E-state index in [0.29, 0.717) is 17.6 Å². The molecule has 0 saturated carbocycles. The molecular weight excluding hydrogens is 865 g/mol. The van der Waals surface area contributed by atoms with Crippen LogP contribution >= 0.6 is 0 Å². The lowest BCUT2D eigenvalue weighted by atomic mass is 9.82. The molecule has 3 heterocycles. The van der Waals surface area contributed by atoms with Crippen LogP contribution in [-0.2, 0) is 10.8 Å². The van der Waals surface area contributed by atoms with Crippen LogP contribution in [0, 0.1) is 11.6 Å². The van der Waals surface area contributed by atoms with Crippen LogP contribution in [0.3, 0.4) is 0 Å². The predicted octanol–water partition coefficient (Wildman–Crippen LogP) is 16.0. The quantitative estimate of drug-likeness (QED) is 0.173. The summed E-state index contributed by atoms with van der Waals surface area (Å²) < 4.78 is 34.0. The van der Waals surface area contributed by atoms with Gasteiger partial charge in [0, 0.05) is 49.2 Å². The van der Waals surface area contributed by atoms with Crippen LogP contribution in [0.25, 0.3) is 111 Å². The molecule has 0 saturated heterocycles.